The van der Waals surface area contributed by atoms with Gasteiger partial charge in [0.1, 0.15) is 11.4 Å². The molecule has 0 unspecified atom stereocenters. The Morgan fingerprint density at radius 2 is 2.15 bits per heavy atom. The van der Waals surface area contributed by atoms with Crippen molar-refractivity contribution in [1.82, 2.24) is 4.98 Å². The fraction of sp³-hybridized carbons (Fsp3) is 0.500. The van der Waals surface area contributed by atoms with Crippen LogP contribution < -0.4 is 5.32 Å². The van der Waals surface area contributed by atoms with E-state index in [2.05, 4.69) is 15.0 Å². The fourth-order valence-electron chi connectivity index (χ4n) is 2.59. The van der Waals surface area contributed by atoms with Crippen LogP contribution in [-0.4, -0.2) is 35.7 Å². The van der Waals surface area contributed by atoms with Crippen molar-refractivity contribution in [3.8, 4) is 0 Å². The van der Waals surface area contributed by atoms with Crippen LogP contribution in [0, 0.1) is 5.41 Å². The molecule has 0 radical (unpaired) electrons. The first-order valence-electron chi connectivity index (χ1n) is 6.60. The summed E-state index contributed by atoms with van der Waals surface area (Å²) < 4.78 is 4.69. The molecule has 6 nitrogen and oxygen atoms in total. The van der Waals surface area contributed by atoms with Crippen LogP contribution in [0.5, 0.6) is 0 Å². The summed E-state index contributed by atoms with van der Waals surface area (Å²) in [5.74, 6) is -0.915. The molecule has 20 heavy (non-hydrogen) atoms. The number of rotatable bonds is 5. The Hall–Kier alpha value is -2.11. The Morgan fingerprint density at radius 3 is 2.75 bits per heavy atom. The Morgan fingerprint density at radius 1 is 1.45 bits per heavy atom. The summed E-state index contributed by atoms with van der Waals surface area (Å²) in [4.78, 5) is 27.2. The molecular formula is C14H18N2O4. The summed E-state index contributed by atoms with van der Waals surface area (Å²) in [5, 5.41) is 12.4. The molecule has 1 aromatic rings. The standard InChI is InChI=1S/C14H18N2O4/c1-20-12(17)10-5-4-8-15-11(10)16-9-14(13(18)19)6-2-3-7-14/h4-5,8H,2-3,6-7,9H2,1H3,(H,15,16)(H,18,19). The maximum absolute atomic E-state index is 11.6. The van der Waals surface area contributed by atoms with Crippen molar-refractivity contribution in [2.75, 3.05) is 19.0 Å². The monoisotopic (exact) mass is 278 g/mol. The minimum Gasteiger partial charge on any atom is -0.481 e. The lowest BCUT2D eigenvalue weighted by molar-refractivity contribution is -0.147. The number of carboxylic acid groups (broad SMARTS) is 1. The number of aromatic nitrogens is 1. The number of anilines is 1. The van der Waals surface area contributed by atoms with Gasteiger partial charge in [-0.1, -0.05) is 12.8 Å². The van der Waals surface area contributed by atoms with Crippen molar-refractivity contribution in [1.29, 1.82) is 0 Å². The number of nitrogens with zero attached hydrogens (tertiary/aromatic N) is 1. The molecule has 1 fully saturated rings. The number of esters is 1. The van der Waals surface area contributed by atoms with Gasteiger partial charge in [-0.2, -0.15) is 0 Å². The molecule has 108 valence electrons. The van der Waals surface area contributed by atoms with E-state index in [1.165, 1.54) is 7.11 Å². The largest absolute Gasteiger partial charge is 0.481 e. The number of pyridine rings is 1. The number of methoxy groups -OCH3 is 1. The maximum Gasteiger partial charge on any atom is 0.341 e. The normalized spacial score (nSPS) is 16.6. The highest BCUT2D eigenvalue weighted by molar-refractivity contribution is 5.94. The molecule has 0 spiro atoms. The number of ether oxygens (including phenoxy) is 1. The summed E-state index contributed by atoms with van der Waals surface area (Å²) in [6.45, 7) is 0.267. The molecule has 1 saturated carbocycles. The molecule has 2 N–H and O–H groups in total. The Bertz CT molecular complexity index is 510. The van der Waals surface area contributed by atoms with Gasteiger partial charge in [0.15, 0.2) is 0 Å². The number of hydrogen-bond acceptors (Lipinski definition) is 5. The molecule has 0 saturated heterocycles. The molecule has 6 heteroatoms. The van der Waals surface area contributed by atoms with Crippen molar-refractivity contribution in [2.24, 2.45) is 5.41 Å². The zero-order valence-electron chi connectivity index (χ0n) is 11.4. The molecule has 0 bridgehead atoms. The highest BCUT2D eigenvalue weighted by Crippen LogP contribution is 2.38. The minimum atomic E-state index is -0.793. The molecular weight excluding hydrogens is 260 g/mol. The van der Waals surface area contributed by atoms with Crippen LogP contribution in [0.3, 0.4) is 0 Å². The Labute approximate surface area is 117 Å². The van der Waals surface area contributed by atoms with E-state index < -0.39 is 17.4 Å². The van der Waals surface area contributed by atoms with E-state index in [-0.39, 0.29) is 6.54 Å². The quantitative estimate of drug-likeness (QED) is 0.800. The van der Waals surface area contributed by atoms with Crippen molar-refractivity contribution in [3.05, 3.63) is 23.9 Å². The zero-order chi connectivity index (χ0) is 14.6. The van der Waals surface area contributed by atoms with E-state index in [0.717, 1.165) is 12.8 Å². The van der Waals surface area contributed by atoms with Crippen LogP contribution in [0.15, 0.2) is 18.3 Å². The summed E-state index contributed by atoms with van der Waals surface area (Å²) in [6, 6.07) is 3.24. The SMILES string of the molecule is COC(=O)c1cccnc1NCC1(C(=O)O)CCCC1. The van der Waals surface area contributed by atoms with Gasteiger partial charge in [-0.05, 0) is 25.0 Å². The van der Waals surface area contributed by atoms with Crippen LogP contribution >= 0.6 is 0 Å². The van der Waals surface area contributed by atoms with Crippen molar-refractivity contribution in [3.63, 3.8) is 0 Å². The molecule has 0 amide bonds. The van der Waals surface area contributed by atoms with Gasteiger partial charge in [0, 0.05) is 12.7 Å². The second kappa shape index (κ2) is 5.90. The average molecular weight is 278 g/mol. The van der Waals surface area contributed by atoms with E-state index in [0.29, 0.717) is 24.2 Å². The van der Waals surface area contributed by atoms with Crippen LogP contribution in [0.4, 0.5) is 5.82 Å². The van der Waals surface area contributed by atoms with Gasteiger partial charge in [0.2, 0.25) is 0 Å². The first-order valence-corrected chi connectivity index (χ1v) is 6.60. The van der Waals surface area contributed by atoms with E-state index >= 15 is 0 Å². The molecule has 1 heterocycles. The number of nitrogens with one attached hydrogen (secondary N) is 1. The highest BCUT2D eigenvalue weighted by Gasteiger charge is 2.41. The van der Waals surface area contributed by atoms with Gasteiger partial charge < -0.3 is 15.2 Å². The second-order valence-corrected chi connectivity index (χ2v) is 5.04. The molecule has 1 aliphatic carbocycles. The van der Waals surface area contributed by atoms with Crippen molar-refractivity contribution >= 4 is 17.8 Å². The fourth-order valence-corrected chi connectivity index (χ4v) is 2.59. The van der Waals surface area contributed by atoms with E-state index in [9.17, 15) is 14.7 Å². The summed E-state index contributed by atoms with van der Waals surface area (Å²) >= 11 is 0. The van der Waals surface area contributed by atoms with Crippen LogP contribution in [-0.2, 0) is 9.53 Å². The molecule has 0 aromatic carbocycles. The first kappa shape index (κ1) is 14.3. The van der Waals surface area contributed by atoms with Crippen LogP contribution in [0.25, 0.3) is 0 Å². The molecule has 1 aliphatic rings. The first-order chi connectivity index (χ1) is 9.59. The average Bonchev–Trinajstić information content (AvgIpc) is 2.95. The summed E-state index contributed by atoms with van der Waals surface area (Å²) in [5.41, 5.74) is -0.446. The Balaban J connectivity index is 2.14. The lowest BCUT2D eigenvalue weighted by Gasteiger charge is -2.24. The minimum absolute atomic E-state index is 0.267. The van der Waals surface area contributed by atoms with Gasteiger partial charge in [-0.25, -0.2) is 9.78 Å². The third-order valence-corrected chi connectivity index (χ3v) is 3.82. The number of aliphatic carboxylic acids is 1. The van der Waals surface area contributed by atoms with Crippen molar-refractivity contribution in [2.45, 2.75) is 25.7 Å². The van der Waals surface area contributed by atoms with Crippen LogP contribution in [0.1, 0.15) is 36.0 Å². The molecule has 1 aromatic heterocycles. The van der Waals surface area contributed by atoms with E-state index in [1.807, 2.05) is 0 Å². The summed E-state index contributed by atoms with van der Waals surface area (Å²) in [6.07, 6.45) is 4.68. The van der Waals surface area contributed by atoms with Gasteiger partial charge >= 0.3 is 11.9 Å². The molecule has 0 aliphatic heterocycles. The third kappa shape index (κ3) is 2.74. The predicted octanol–water partition coefficient (Wildman–Crippen LogP) is 1.93. The third-order valence-electron chi connectivity index (χ3n) is 3.82. The molecule has 2 rings (SSSR count). The lowest BCUT2D eigenvalue weighted by atomic mass is 9.86. The van der Waals surface area contributed by atoms with E-state index in [4.69, 9.17) is 0 Å². The number of carboxylic acids is 1. The van der Waals surface area contributed by atoms with Gasteiger partial charge in [0.25, 0.3) is 0 Å². The van der Waals surface area contributed by atoms with Gasteiger partial charge in [0.05, 0.1) is 12.5 Å². The van der Waals surface area contributed by atoms with Gasteiger partial charge in [-0.3, -0.25) is 4.79 Å². The highest BCUT2D eigenvalue weighted by atomic mass is 16.5. The summed E-state index contributed by atoms with van der Waals surface area (Å²) in [7, 11) is 1.30. The van der Waals surface area contributed by atoms with Crippen LogP contribution in [0.2, 0.25) is 0 Å². The zero-order valence-corrected chi connectivity index (χ0v) is 11.4. The van der Waals surface area contributed by atoms with Crippen molar-refractivity contribution < 1.29 is 19.4 Å². The van der Waals surface area contributed by atoms with E-state index in [1.54, 1.807) is 18.3 Å². The Kier molecular flexibility index (Phi) is 4.22. The number of carbonyl (C=O) groups is 2. The smallest absolute Gasteiger partial charge is 0.341 e. The predicted molar refractivity (Wildman–Crippen MR) is 72.6 cm³/mol. The number of hydrogen-bond donors (Lipinski definition) is 2. The maximum atomic E-state index is 11.6. The lowest BCUT2D eigenvalue weighted by Crippen LogP contribution is -2.35. The second-order valence-electron chi connectivity index (χ2n) is 5.04. The van der Waals surface area contributed by atoms with Gasteiger partial charge in [-0.15, -0.1) is 0 Å². The molecule has 0 atom stereocenters. The number of carbonyl (C=O) groups excluding carboxylic acids is 1. The topological polar surface area (TPSA) is 88.5 Å².